The number of para-hydroxylation sites is 1. The number of carbonyl (C=O) groups is 1. The van der Waals surface area contributed by atoms with Gasteiger partial charge in [0.25, 0.3) is 0 Å². The lowest BCUT2D eigenvalue weighted by molar-refractivity contribution is -0.113. The number of nitrogens with one attached hydrogen (secondary N) is 1. The number of thioether (sulfide) groups is 2. The predicted octanol–water partition coefficient (Wildman–Crippen LogP) is 5.31. The molecule has 7 heteroatoms. The molecule has 0 fully saturated rings. The fourth-order valence-corrected chi connectivity index (χ4v) is 4.30. The number of carbonyl (C=O) groups excluding carboxylic acids is 1. The van der Waals surface area contributed by atoms with Gasteiger partial charge in [0.1, 0.15) is 5.82 Å². The number of hydrogen-bond donors (Lipinski definition) is 1. The summed E-state index contributed by atoms with van der Waals surface area (Å²) in [7, 11) is 0. The van der Waals surface area contributed by atoms with Crippen LogP contribution in [-0.4, -0.2) is 32.7 Å². The van der Waals surface area contributed by atoms with E-state index in [9.17, 15) is 4.79 Å². The van der Waals surface area contributed by atoms with Gasteiger partial charge in [0.2, 0.25) is 5.91 Å². The lowest BCUT2D eigenvalue weighted by atomic mass is 10.1. The topological polar surface area (TPSA) is 59.8 Å². The second kappa shape index (κ2) is 10.3. The molecule has 0 spiro atoms. The third-order valence-corrected chi connectivity index (χ3v) is 6.30. The molecule has 4 aromatic rings. The first-order chi connectivity index (χ1) is 15.2. The summed E-state index contributed by atoms with van der Waals surface area (Å²) in [5.74, 6) is 1.02. The van der Waals surface area contributed by atoms with Crippen molar-refractivity contribution in [2.75, 3.05) is 17.3 Å². The molecule has 31 heavy (non-hydrogen) atoms. The van der Waals surface area contributed by atoms with Crippen molar-refractivity contribution in [2.45, 2.75) is 16.5 Å². The Labute approximate surface area is 190 Å². The minimum atomic E-state index is -0.0749. The van der Waals surface area contributed by atoms with E-state index in [2.05, 4.69) is 27.6 Å². The second-order valence-electron chi connectivity index (χ2n) is 6.80. The zero-order valence-corrected chi connectivity index (χ0v) is 18.7. The molecule has 0 aliphatic carbocycles. The van der Waals surface area contributed by atoms with Gasteiger partial charge < -0.3 is 5.32 Å². The number of rotatable bonds is 8. The van der Waals surface area contributed by atoms with Gasteiger partial charge in [-0.2, -0.15) is 0 Å². The average Bonchev–Trinajstić information content (AvgIpc) is 3.22. The van der Waals surface area contributed by atoms with Crippen LogP contribution in [0.3, 0.4) is 0 Å². The molecule has 0 saturated heterocycles. The van der Waals surface area contributed by atoms with Crippen molar-refractivity contribution in [1.82, 2.24) is 14.8 Å². The molecule has 1 amide bonds. The molecule has 0 aliphatic rings. The molecular weight excluding hydrogens is 424 g/mol. The molecule has 0 saturated carbocycles. The monoisotopic (exact) mass is 446 g/mol. The lowest BCUT2D eigenvalue weighted by Crippen LogP contribution is -2.14. The second-order valence-corrected chi connectivity index (χ2v) is 8.62. The predicted molar refractivity (Wildman–Crippen MR) is 128 cm³/mol. The Kier molecular flexibility index (Phi) is 7.07. The number of anilines is 1. The van der Waals surface area contributed by atoms with Crippen LogP contribution in [0.5, 0.6) is 0 Å². The van der Waals surface area contributed by atoms with E-state index in [-0.39, 0.29) is 11.7 Å². The van der Waals surface area contributed by atoms with Crippen LogP contribution in [0.15, 0.2) is 95.0 Å². The van der Waals surface area contributed by atoms with E-state index in [0.29, 0.717) is 11.6 Å². The number of nitrogens with zero attached hydrogens (tertiary/aromatic N) is 3. The fraction of sp³-hybridized carbons (Fsp3) is 0.125. The van der Waals surface area contributed by atoms with Crippen molar-refractivity contribution in [2.24, 2.45) is 0 Å². The smallest absolute Gasteiger partial charge is 0.234 e. The highest BCUT2D eigenvalue weighted by atomic mass is 32.2. The zero-order valence-electron chi connectivity index (χ0n) is 17.1. The van der Waals surface area contributed by atoms with Gasteiger partial charge in [-0.1, -0.05) is 60.3 Å². The number of aromatic nitrogens is 3. The Bertz CT molecular complexity index is 1130. The van der Waals surface area contributed by atoms with Crippen LogP contribution in [0.25, 0.3) is 5.69 Å². The number of amides is 1. The fourth-order valence-electron chi connectivity index (χ4n) is 3.12. The molecule has 1 aromatic heterocycles. The summed E-state index contributed by atoms with van der Waals surface area (Å²) in [6.07, 6.45) is 2.69. The van der Waals surface area contributed by atoms with E-state index in [1.807, 2.05) is 83.6 Å². The van der Waals surface area contributed by atoms with E-state index in [1.165, 1.54) is 11.8 Å². The minimum Gasteiger partial charge on any atom is -0.325 e. The van der Waals surface area contributed by atoms with E-state index in [0.717, 1.165) is 27.7 Å². The molecule has 0 unspecified atom stereocenters. The van der Waals surface area contributed by atoms with E-state index in [4.69, 9.17) is 0 Å². The zero-order chi connectivity index (χ0) is 21.5. The highest BCUT2D eigenvalue weighted by Crippen LogP contribution is 2.24. The molecule has 5 nitrogen and oxygen atoms in total. The Morgan fingerprint density at radius 3 is 2.26 bits per heavy atom. The molecular formula is C24H22N4OS2. The van der Waals surface area contributed by atoms with Gasteiger partial charge in [0.15, 0.2) is 5.16 Å². The summed E-state index contributed by atoms with van der Waals surface area (Å²) in [4.78, 5) is 13.7. The van der Waals surface area contributed by atoms with Crippen molar-refractivity contribution in [3.8, 4) is 5.69 Å². The minimum absolute atomic E-state index is 0.0749. The van der Waals surface area contributed by atoms with Gasteiger partial charge in [-0.25, -0.2) is 0 Å². The highest BCUT2D eigenvalue weighted by molar-refractivity contribution is 7.99. The van der Waals surface area contributed by atoms with Crippen molar-refractivity contribution >= 4 is 35.1 Å². The van der Waals surface area contributed by atoms with Gasteiger partial charge in [0, 0.05) is 22.7 Å². The summed E-state index contributed by atoms with van der Waals surface area (Å²) in [6.45, 7) is 0. The normalized spacial score (nSPS) is 10.7. The van der Waals surface area contributed by atoms with Crippen molar-refractivity contribution in [1.29, 1.82) is 0 Å². The van der Waals surface area contributed by atoms with Crippen LogP contribution in [0.2, 0.25) is 0 Å². The van der Waals surface area contributed by atoms with Crippen LogP contribution in [0.1, 0.15) is 11.4 Å². The molecule has 1 heterocycles. The lowest BCUT2D eigenvalue weighted by Gasteiger charge is -2.10. The van der Waals surface area contributed by atoms with Crippen molar-refractivity contribution in [3.63, 3.8) is 0 Å². The molecule has 0 atom stereocenters. The van der Waals surface area contributed by atoms with Crippen LogP contribution in [-0.2, 0) is 11.2 Å². The quantitative estimate of drug-likeness (QED) is 0.372. The Morgan fingerprint density at radius 1 is 0.903 bits per heavy atom. The van der Waals surface area contributed by atoms with Crippen LogP contribution in [0, 0.1) is 0 Å². The summed E-state index contributed by atoms with van der Waals surface area (Å²) in [5, 5.41) is 12.5. The Hall–Kier alpha value is -3.03. The number of hydrogen-bond acceptors (Lipinski definition) is 5. The molecule has 0 aliphatic heterocycles. The molecule has 3 aromatic carbocycles. The van der Waals surface area contributed by atoms with Gasteiger partial charge in [-0.15, -0.1) is 22.0 Å². The van der Waals surface area contributed by atoms with Crippen LogP contribution >= 0.6 is 23.5 Å². The maximum Gasteiger partial charge on any atom is 0.234 e. The van der Waals surface area contributed by atoms with E-state index >= 15 is 0 Å². The molecule has 1 N–H and O–H groups in total. The Balaban J connectivity index is 1.50. The van der Waals surface area contributed by atoms with Crippen LogP contribution in [0.4, 0.5) is 5.69 Å². The van der Waals surface area contributed by atoms with Gasteiger partial charge >= 0.3 is 0 Å². The standard InChI is InChI=1S/C24H22N4OS2/c1-30-21-14-12-19(13-15-21)25-23(29)17-31-24-27-26-22(16-18-8-4-2-5-9-18)28(24)20-10-6-3-7-11-20/h2-15H,16-17H2,1H3,(H,25,29). The van der Waals surface area contributed by atoms with Gasteiger partial charge in [-0.05, 0) is 48.2 Å². The summed E-state index contributed by atoms with van der Waals surface area (Å²) < 4.78 is 2.03. The first-order valence-corrected chi connectivity index (χ1v) is 12.0. The van der Waals surface area contributed by atoms with Crippen molar-refractivity contribution < 1.29 is 4.79 Å². The largest absolute Gasteiger partial charge is 0.325 e. The average molecular weight is 447 g/mol. The molecule has 156 valence electrons. The maximum absolute atomic E-state index is 12.5. The Morgan fingerprint density at radius 2 is 1.58 bits per heavy atom. The van der Waals surface area contributed by atoms with Gasteiger partial charge in [0.05, 0.1) is 5.75 Å². The third kappa shape index (κ3) is 5.57. The molecule has 4 rings (SSSR count). The maximum atomic E-state index is 12.5. The molecule has 0 radical (unpaired) electrons. The van der Waals surface area contributed by atoms with Crippen LogP contribution < -0.4 is 5.32 Å². The summed E-state index contributed by atoms with van der Waals surface area (Å²) in [5.41, 5.74) is 2.93. The van der Waals surface area contributed by atoms with Gasteiger partial charge in [-0.3, -0.25) is 9.36 Å². The third-order valence-electron chi connectivity index (χ3n) is 4.63. The first kappa shape index (κ1) is 21.2. The first-order valence-electron chi connectivity index (χ1n) is 9.83. The highest BCUT2D eigenvalue weighted by Gasteiger charge is 2.16. The summed E-state index contributed by atoms with van der Waals surface area (Å²) >= 11 is 3.05. The van der Waals surface area contributed by atoms with E-state index in [1.54, 1.807) is 11.8 Å². The summed E-state index contributed by atoms with van der Waals surface area (Å²) in [6, 6.07) is 28.0. The molecule has 0 bridgehead atoms. The van der Waals surface area contributed by atoms with E-state index < -0.39 is 0 Å². The SMILES string of the molecule is CSc1ccc(NC(=O)CSc2nnc(Cc3ccccc3)n2-c2ccccc2)cc1. The van der Waals surface area contributed by atoms with Crippen molar-refractivity contribution in [3.05, 3.63) is 96.3 Å². The number of benzene rings is 3.